The van der Waals surface area contributed by atoms with Crippen LogP contribution in [-0.2, 0) is 13.6 Å². The summed E-state index contributed by atoms with van der Waals surface area (Å²) in [6, 6.07) is 1.84. The topological polar surface area (TPSA) is 55.6 Å². The van der Waals surface area contributed by atoms with Crippen molar-refractivity contribution in [2.75, 3.05) is 5.32 Å². The Kier molecular flexibility index (Phi) is 2.62. The van der Waals surface area contributed by atoms with E-state index in [1.54, 1.807) is 6.20 Å². The summed E-state index contributed by atoms with van der Waals surface area (Å²) in [5.41, 5.74) is 2.22. The summed E-state index contributed by atoms with van der Waals surface area (Å²) in [5, 5.41) is 7.48. The van der Waals surface area contributed by atoms with E-state index in [1.165, 1.54) is 11.9 Å². The number of hydrogen-bond donors (Lipinski definition) is 1. The molecule has 0 aliphatic carbocycles. The van der Waals surface area contributed by atoms with E-state index in [1.807, 2.05) is 30.9 Å². The molecule has 2 aromatic rings. The summed E-state index contributed by atoms with van der Waals surface area (Å²) in [4.78, 5) is 7.94. The normalized spacial score (nSPS) is 10.3. The van der Waals surface area contributed by atoms with Crippen LogP contribution in [0.3, 0.4) is 0 Å². The first-order chi connectivity index (χ1) is 7.25. The molecule has 78 valence electrons. The molecule has 2 aromatic heterocycles. The molecule has 0 aliphatic heterocycles. The lowest BCUT2D eigenvalue weighted by Crippen LogP contribution is -2.01. The van der Waals surface area contributed by atoms with Crippen molar-refractivity contribution < 1.29 is 0 Å². The van der Waals surface area contributed by atoms with Crippen LogP contribution in [0, 0.1) is 6.92 Å². The molecule has 0 unspecified atom stereocenters. The molecule has 2 heterocycles. The van der Waals surface area contributed by atoms with Gasteiger partial charge in [0.2, 0.25) is 0 Å². The Bertz CT molecular complexity index is 434. The maximum Gasteiger partial charge on any atom is 0.129 e. The number of rotatable bonds is 3. The molecular formula is C10H13N5. The van der Waals surface area contributed by atoms with Gasteiger partial charge in [-0.2, -0.15) is 5.10 Å². The van der Waals surface area contributed by atoms with Crippen molar-refractivity contribution in [1.29, 1.82) is 0 Å². The largest absolute Gasteiger partial charge is 0.366 e. The lowest BCUT2D eigenvalue weighted by atomic mass is 10.2. The zero-order valence-corrected chi connectivity index (χ0v) is 8.81. The number of anilines is 1. The van der Waals surface area contributed by atoms with Gasteiger partial charge in [-0.05, 0) is 13.0 Å². The third kappa shape index (κ3) is 2.31. The fourth-order valence-corrected chi connectivity index (χ4v) is 1.40. The molecule has 0 aromatic carbocycles. The zero-order valence-electron chi connectivity index (χ0n) is 8.81. The molecule has 5 nitrogen and oxygen atoms in total. The summed E-state index contributed by atoms with van der Waals surface area (Å²) < 4.78 is 1.81. The molecule has 0 fully saturated rings. The molecule has 0 aliphatic rings. The second-order valence-corrected chi connectivity index (χ2v) is 3.36. The van der Waals surface area contributed by atoms with Crippen molar-refractivity contribution in [1.82, 2.24) is 19.7 Å². The number of aromatic nitrogens is 4. The Hall–Kier alpha value is -1.91. The van der Waals surface area contributed by atoms with Crippen LogP contribution in [0.5, 0.6) is 0 Å². The minimum absolute atomic E-state index is 0.733. The standard InChI is InChI=1S/C10H13N5/c1-8-9(6-15(2)14-8)5-12-10-3-4-11-7-13-10/h3-4,6-7H,5H2,1-2H3,(H,11,12,13). The molecule has 15 heavy (non-hydrogen) atoms. The van der Waals surface area contributed by atoms with Gasteiger partial charge in [0.1, 0.15) is 12.1 Å². The maximum atomic E-state index is 4.27. The quantitative estimate of drug-likeness (QED) is 0.812. The average Bonchev–Trinajstić information content (AvgIpc) is 2.56. The highest BCUT2D eigenvalue weighted by atomic mass is 15.3. The Balaban J connectivity index is 2.02. The Morgan fingerprint density at radius 3 is 2.93 bits per heavy atom. The van der Waals surface area contributed by atoms with E-state index in [4.69, 9.17) is 0 Å². The van der Waals surface area contributed by atoms with Crippen molar-refractivity contribution in [3.63, 3.8) is 0 Å². The highest BCUT2D eigenvalue weighted by Gasteiger charge is 2.02. The summed E-state index contributed by atoms with van der Waals surface area (Å²) in [6.07, 6.45) is 5.24. The van der Waals surface area contributed by atoms with Gasteiger partial charge in [-0.25, -0.2) is 9.97 Å². The predicted octanol–water partition coefficient (Wildman–Crippen LogP) is 1.13. The van der Waals surface area contributed by atoms with Crippen LogP contribution >= 0.6 is 0 Å². The van der Waals surface area contributed by atoms with Gasteiger partial charge in [-0.3, -0.25) is 4.68 Å². The molecule has 2 rings (SSSR count). The smallest absolute Gasteiger partial charge is 0.129 e. The fraction of sp³-hybridized carbons (Fsp3) is 0.300. The van der Waals surface area contributed by atoms with Crippen molar-refractivity contribution in [2.24, 2.45) is 7.05 Å². The van der Waals surface area contributed by atoms with Gasteiger partial charge in [0, 0.05) is 31.5 Å². The molecule has 5 heteroatoms. The van der Waals surface area contributed by atoms with Crippen molar-refractivity contribution in [3.05, 3.63) is 36.0 Å². The summed E-state index contributed by atoms with van der Waals surface area (Å²) >= 11 is 0. The highest BCUT2D eigenvalue weighted by Crippen LogP contribution is 2.07. The predicted molar refractivity (Wildman–Crippen MR) is 57.3 cm³/mol. The Morgan fingerprint density at radius 1 is 1.47 bits per heavy atom. The zero-order chi connectivity index (χ0) is 10.7. The molecule has 0 saturated heterocycles. The summed E-state index contributed by atoms with van der Waals surface area (Å²) in [5.74, 6) is 0.827. The second-order valence-electron chi connectivity index (χ2n) is 3.36. The van der Waals surface area contributed by atoms with Crippen molar-refractivity contribution >= 4 is 5.82 Å². The Morgan fingerprint density at radius 2 is 2.33 bits per heavy atom. The first-order valence-electron chi connectivity index (χ1n) is 4.75. The monoisotopic (exact) mass is 203 g/mol. The van der Waals surface area contributed by atoms with Gasteiger partial charge in [0.15, 0.2) is 0 Å². The molecule has 0 atom stereocenters. The van der Waals surface area contributed by atoms with Crippen LogP contribution < -0.4 is 5.32 Å². The minimum Gasteiger partial charge on any atom is -0.366 e. The van der Waals surface area contributed by atoms with Crippen LogP contribution in [0.1, 0.15) is 11.3 Å². The maximum absolute atomic E-state index is 4.27. The summed E-state index contributed by atoms with van der Waals surface area (Å²) in [7, 11) is 1.92. The van der Waals surface area contributed by atoms with Gasteiger partial charge in [0.05, 0.1) is 5.69 Å². The third-order valence-corrected chi connectivity index (χ3v) is 2.16. The van der Waals surface area contributed by atoms with E-state index in [2.05, 4.69) is 20.4 Å². The van der Waals surface area contributed by atoms with Crippen LogP contribution in [0.25, 0.3) is 0 Å². The first kappa shape index (κ1) is 9.64. The molecule has 0 saturated carbocycles. The second kappa shape index (κ2) is 4.08. The molecule has 0 amide bonds. The van der Waals surface area contributed by atoms with Crippen LogP contribution in [0.2, 0.25) is 0 Å². The Labute approximate surface area is 88.2 Å². The number of hydrogen-bond acceptors (Lipinski definition) is 4. The van der Waals surface area contributed by atoms with Crippen molar-refractivity contribution in [2.45, 2.75) is 13.5 Å². The van der Waals surface area contributed by atoms with E-state index in [0.717, 1.165) is 18.1 Å². The van der Waals surface area contributed by atoms with E-state index in [-0.39, 0.29) is 0 Å². The highest BCUT2D eigenvalue weighted by molar-refractivity contribution is 5.33. The molecule has 0 radical (unpaired) electrons. The van der Waals surface area contributed by atoms with Gasteiger partial charge < -0.3 is 5.32 Å². The van der Waals surface area contributed by atoms with E-state index < -0.39 is 0 Å². The third-order valence-electron chi connectivity index (χ3n) is 2.16. The van der Waals surface area contributed by atoms with Gasteiger partial charge in [-0.15, -0.1) is 0 Å². The minimum atomic E-state index is 0.733. The van der Waals surface area contributed by atoms with Gasteiger partial charge >= 0.3 is 0 Å². The van der Waals surface area contributed by atoms with Gasteiger partial charge in [-0.1, -0.05) is 0 Å². The number of aryl methyl sites for hydroxylation is 2. The van der Waals surface area contributed by atoms with Gasteiger partial charge in [0.25, 0.3) is 0 Å². The molecule has 0 spiro atoms. The van der Waals surface area contributed by atoms with Crippen LogP contribution in [0.4, 0.5) is 5.82 Å². The fourth-order valence-electron chi connectivity index (χ4n) is 1.40. The van der Waals surface area contributed by atoms with Crippen LogP contribution in [-0.4, -0.2) is 19.7 Å². The molecule has 1 N–H and O–H groups in total. The SMILES string of the molecule is Cc1nn(C)cc1CNc1ccncn1. The average molecular weight is 203 g/mol. The number of nitrogens with zero attached hydrogens (tertiary/aromatic N) is 4. The number of nitrogens with one attached hydrogen (secondary N) is 1. The summed E-state index contributed by atoms with van der Waals surface area (Å²) in [6.45, 7) is 2.73. The first-order valence-corrected chi connectivity index (χ1v) is 4.75. The van der Waals surface area contributed by atoms with E-state index in [0.29, 0.717) is 0 Å². The molecule has 0 bridgehead atoms. The lowest BCUT2D eigenvalue weighted by molar-refractivity contribution is 0.756. The lowest BCUT2D eigenvalue weighted by Gasteiger charge is -2.02. The van der Waals surface area contributed by atoms with Crippen LogP contribution in [0.15, 0.2) is 24.8 Å². The van der Waals surface area contributed by atoms with Crippen molar-refractivity contribution in [3.8, 4) is 0 Å². The van der Waals surface area contributed by atoms with E-state index in [9.17, 15) is 0 Å². The van der Waals surface area contributed by atoms with E-state index >= 15 is 0 Å². The molecular weight excluding hydrogens is 190 g/mol.